The Kier molecular flexibility index (Phi) is 7.76. The number of sulfonamides is 1. The molecule has 0 bridgehead atoms. The highest BCUT2D eigenvalue weighted by Gasteiger charge is 2.25. The number of amides is 1. The fraction of sp³-hybridized carbons (Fsp3) is 0.269. The highest BCUT2D eigenvalue weighted by molar-refractivity contribution is 7.92. The number of ether oxygens (including phenoxy) is 1. The maximum atomic E-state index is 13.1. The first-order valence-electron chi connectivity index (χ1n) is 10.9. The van der Waals surface area contributed by atoms with Crippen molar-refractivity contribution in [1.82, 2.24) is 5.32 Å². The number of carbonyl (C=O) groups is 1. The van der Waals surface area contributed by atoms with E-state index in [1.807, 2.05) is 31.2 Å². The Bertz CT molecular complexity index is 1200. The lowest BCUT2D eigenvalue weighted by Crippen LogP contribution is -2.32. The van der Waals surface area contributed by atoms with Crippen LogP contribution in [0.1, 0.15) is 41.3 Å². The van der Waals surface area contributed by atoms with E-state index in [0.29, 0.717) is 18.2 Å². The molecule has 3 rings (SSSR count). The monoisotopic (exact) mass is 466 g/mol. The van der Waals surface area contributed by atoms with Crippen molar-refractivity contribution in [2.45, 2.75) is 31.6 Å². The van der Waals surface area contributed by atoms with Gasteiger partial charge < -0.3 is 10.1 Å². The molecule has 0 aliphatic rings. The number of para-hydroxylation sites is 2. The SMILES string of the molecule is Cc1ccc(S(=O)(=O)N(C)c2ccccc2C(=O)NCCOc2ccccc2C(C)C)cc1. The van der Waals surface area contributed by atoms with Crippen LogP contribution in [0.3, 0.4) is 0 Å². The zero-order chi connectivity index (χ0) is 24.0. The van der Waals surface area contributed by atoms with Gasteiger partial charge in [-0.3, -0.25) is 9.10 Å². The number of nitrogens with one attached hydrogen (secondary N) is 1. The average Bonchev–Trinajstić information content (AvgIpc) is 2.81. The van der Waals surface area contributed by atoms with Crippen molar-refractivity contribution in [3.8, 4) is 5.75 Å². The lowest BCUT2D eigenvalue weighted by molar-refractivity contribution is 0.0947. The Morgan fingerprint density at radius 2 is 1.61 bits per heavy atom. The number of benzene rings is 3. The molecule has 0 saturated heterocycles. The van der Waals surface area contributed by atoms with Gasteiger partial charge in [-0.25, -0.2) is 8.42 Å². The summed E-state index contributed by atoms with van der Waals surface area (Å²) in [5, 5.41) is 2.83. The van der Waals surface area contributed by atoms with Gasteiger partial charge >= 0.3 is 0 Å². The maximum absolute atomic E-state index is 13.1. The van der Waals surface area contributed by atoms with Crippen molar-refractivity contribution in [3.63, 3.8) is 0 Å². The molecule has 0 aliphatic heterocycles. The number of carbonyl (C=O) groups excluding carboxylic acids is 1. The Morgan fingerprint density at radius 1 is 0.970 bits per heavy atom. The van der Waals surface area contributed by atoms with Gasteiger partial charge in [-0.2, -0.15) is 0 Å². The molecular formula is C26H30N2O4S. The molecule has 0 aromatic heterocycles. The molecule has 1 N–H and O–H groups in total. The fourth-order valence-electron chi connectivity index (χ4n) is 3.45. The number of hydrogen-bond donors (Lipinski definition) is 1. The standard InChI is InChI=1S/C26H30N2O4S/c1-19(2)22-9-6-8-12-25(22)32-18-17-27-26(29)23-10-5-7-11-24(23)28(4)33(30,31)21-15-13-20(3)14-16-21/h5-16,19H,17-18H2,1-4H3,(H,27,29). The van der Waals surface area contributed by atoms with Gasteiger partial charge in [0.2, 0.25) is 0 Å². The van der Waals surface area contributed by atoms with Crippen LogP contribution in [0.2, 0.25) is 0 Å². The van der Waals surface area contributed by atoms with E-state index in [4.69, 9.17) is 4.74 Å². The summed E-state index contributed by atoms with van der Waals surface area (Å²) >= 11 is 0. The van der Waals surface area contributed by atoms with Crippen LogP contribution in [-0.2, 0) is 10.0 Å². The first kappa shape index (κ1) is 24.3. The molecule has 0 fully saturated rings. The van der Waals surface area contributed by atoms with E-state index < -0.39 is 10.0 Å². The van der Waals surface area contributed by atoms with Crippen LogP contribution >= 0.6 is 0 Å². The van der Waals surface area contributed by atoms with Gasteiger partial charge in [-0.1, -0.05) is 61.9 Å². The Hall–Kier alpha value is -3.32. The molecule has 0 unspecified atom stereocenters. The Labute approximate surface area is 196 Å². The lowest BCUT2D eigenvalue weighted by Gasteiger charge is -2.22. The first-order valence-corrected chi connectivity index (χ1v) is 12.3. The predicted molar refractivity (Wildman–Crippen MR) is 132 cm³/mol. The third-order valence-electron chi connectivity index (χ3n) is 5.35. The summed E-state index contributed by atoms with van der Waals surface area (Å²) in [6.45, 7) is 6.68. The minimum Gasteiger partial charge on any atom is -0.491 e. The third kappa shape index (κ3) is 5.73. The lowest BCUT2D eigenvalue weighted by atomic mass is 10.0. The number of aryl methyl sites for hydroxylation is 1. The summed E-state index contributed by atoms with van der Waals surface area (Å²) in [4.78, 5) is 13.0. The van der Waals surface area contributed by atoms with E-state index in [9.17, 15) is 13.2 Å². The van der Waals surface area contributed by atoms with Gasteiger partial charge in [-0.15, -0.1) is 0 Å². The molecule has 0 aliphatic carbocycles. The molecule has 0 radical (unpaired) electrons. The second-order valence-corrected chi connectivity index (χ2v) is 10.1. The second kappa shape index (κ2) is 10.5. The van der Waals surface area contributed by atoms with Crippen molar-refractivity contribution < 1.29 is 17.9 Å². The molecule has 0 atom stereocenters. The summed E-state index contributed by atoms with van der Waals surface area (Å²) in [7, 11) is -2.36. The zero-order valence-corrected chi connectivity index (χ0v) is 20.2. The number of nitrogens with zero attached hydrogens (tertiary/aromatic N) is 1. The summed E-state index contributed by atoms with van der Waals surface area (Å²) in [6, 6.07) is 21.1. The number of rotatable bonds is 9. The van der Waals surface area contributed by atoms with Crippen LogP contribution in [0.4, 0.5) is 5.69 Å². The van der Waals surface area contributed by atoms with E-state index in [0.717, 1.165) is 21.2 Å². The van der Waals surface area contributed by atoms with E-state index in [-0.39, 0.29) is 22.9 Å². The van der Waals surface area contributed by atoms with Crippen LogP contribution in [-0.4, -0.2) is 34.5 Å². The minimum atomic E-state index is -3.81. The van der Waals surface area contributed by atoms with Crippen LogP contribution in [0, 0.1) is 6.92 Å². The largest absolute Gasteiger partial charge is 0.491 e. The molecule has 174 valence electrons. The fourth-order valence-corrected chi connectivity index (χ4v) is 4.66. The van der Waals surface area contributed by atoms with Crippen molar-refractivity contribution >= 4 is 21.6 Å². The van der Waals surface area contributed by atoms with Gasteiger partial charge in [-0.05, 0) is 48.7 Å². The molecule has 7 heteroatoms. The molecule has 0 spiro atoms. The van der Waals surface area contributed by atoms with Crippen LogP contribution < -0.4 is 14.4 Å². The summed E-state index contributed by atoms with van der Waals surface area (Å²) in [5.41, 5.74) is 2.66. The molecule has 0 heterocycles. The molecule has 1 amide bonds. The Morgan fingerprint density at radius 3 is 2.30 bits per heavy atom. The summed E-state index contributed by atoms with van der Waals surface area (Å²) < 4.78 is 33.2. The van der Waals surface area contributed by atoms with Crippen LogP contribution in [0.5, 0.6) is 5.75 Å². The third-order valence-corrected chi connectivity index (χ3v) is 7.14. The van der Waals surface area contributed by atoms with E-state index in [2.05, 4.69) is 19.2 Å². The number of anilines is 1. The smallest absolute Gasteiger partial charge is 0.264 e. The van der Waals surface area contributed by atoms with Gasteiger partial charge in [0.1, 0.15) is 12.4 Å². The highest BCUT2D eigenvalue weighted by atomic mass is 32.2. The molecule has 3 aromatic carbocycles. The molecule has 0 saturated carbocycles. The predicted octanol–water partition coefficient (Wildman–Crippen LogP) is 4.75. The Balaban J connectivity index is 1.70. The van der Waals surface area contributed by atoms with Crippen molar-refractivity contribution in [2.75, 3.05) is 24.5 Å². The van der Waals surface area contributed by atoms with E-state index >= 15 is 0 Å². The molecular weight excluding hydrogens is 436 g/mol. The zero-order valence-electron chi connectivity index (χ0n) is 19.4. The topological polar surface area (TPSA) is 75.7 Å². The second-order valence-electron chi connectivity index (χ2n) is 8.10. The van der Waals surface area contributed by atoms with E-state index in [1.54, 1.807) is 48.5 Å². The summed E-state index contributed by atoms with van der Waals surface area (Å²) in [6.07, 6.45) is 0. The van der Waals surface area contributed by atoms with Crippen LogP contribution in [0.25, 0.3) is 0 Å². The van der Waals surface area contributed by atoms with Gasteiger partial charge in [0.15, 0.2) is 0 Å². The maximum Gasteiger partial charge on any atom is 0.264 e. The average molecular weight is 467 g/mol. The molecule has 33 heavy (non-hydrogen) atoms. The van der Waals surface area contributed by atoms with Gasteiger partial charge in [0.25, 0.3) is 15.9 Å². The first-order chi connectivity index (χ1) is 15.7. The van der Waals surface area contributed by atoms with Gasteiger partial charge in [0, 0.05) is 7.05 Å². The van der Waals surface area contributed by atoms with Crippen LogP contribution in [0.15, 0.2) is 77.7 Å². The summed E-state index contributed by atoms with van der Waals surface area (Å²) in [5.74, 6) is 0.761. The normalized spacial score (nSPS) is 11.3. The number of hydrogen-bond acceptors (Lipinski definition) is 4. The van der Waals surface area contributed by atoms with Gasteiger partial charge in [0.05, 0.1) is 22.7 Å². The quantitative estimate of drug-likeness (QED) is 0.462. The van der Waals surface area contributed by atoms with Crippen molar-refractivity contribution in [3.05, 3.63) is 89.5 Å². The molecule has 3 aromatic rings. The molecule has 6 nitrogen and oxygen atoms in total. The van der Waals surface area contributed by atoms with E-state index in [1.165, 1.54) is 7.05 Å². The minimum absolute atomic E-state index is 0.169. The highest BCUT2D eigenvalue weighted by Crippen LogP contribution is 2.27. The van der Waals surface area contributed by atoms with Crippen molar-refractivity contribution in [1.29, 1.82) is 0 Å². The van der Waals surface area contributed by atoms with Crippen molar-refractivity contribution in [2.24, 2.45) is 0 Å².